The van der Waals surface area contributed by atoms with E-state index in [1.165, 1.54) is 0 Å². The lowest BCUT2D eigenvalue weighted by Crippen LogP contribution is -2.36. The zero-order chi connectivity index (χ0) is 15.7. The summed E-state index contributed by atoms with van der Waals surface area (Å²) in [5, 5.41) is 2.97. The number of nitrogens with two attached hydrogens (primary N) is 1. The molecule has 0 fully saturated rings. The van der Waals surface area contributed by atoms with Crippen LogP contribution in [0.4, 0.5) is 5.69 Å². The van der Waals surface area contributed by atoms with Crippen LogP contribution in [-0.2, 0) is 11.3 Å². The second kappa shape index (κ2) is 9.82. The zero-order valence-electron chi connectivity index (χ0n) is 13.3. The molecule has 0 spiro atoms. The number of thioether (sulfide) groups is 1. The molecule has 0 aliphatic heterocycles. The fourth-order valence-corrected chi connectivity index (χ4v) is 2.56. The van der Waals surface area contributed by atoms with E-state index in [-0.39, 0.29) is 5.91 Å². The van der Waals surface area contributed by atoms with E-state index >= 15 is 0 Å². The maximum Gasteiger partial charge on any atom is 0.241 e. The lowest BCUT2D eigenvalue weighted by atomic mass is 10.1. The van der Waals surface area contributed by atoms with Crippen molar-refractivity contribution >= 4 is 23.4 Å². The van der Waals surface area contributed by atoms with Gasteiger partial charge in [0.25, 0.3) is 0 Å². The van der Waals surface area contributed by atoms with E-state index in [2.05, 4.69) is 30.1 Å². The number of carbonyl (C=O) groups excluding carboxylic acids is 1. The van der Waals surface area contributed by atoms with Crippen molar-refractivity contribution in [3.05, 3.63) is 29.8 Å². The molecule has 0 radical (unpaired) electrons. The van der Waals surface area contributed by atoms with Crippen LogP contribution in [0.2, 0.25) is 0 Å². The number of hydrogen-bond acceptors (Lipinski definition) is 4. The molecule has 0 aromatic heterocycles. The molecule has 0 unspecified atom stereocenters. The minimum Gasteiger partial charge on any atom is -0.324 e. The van der Waals surface area contributed by atoms with Gasteiger partial charge in [0.1, 0.15) is 0 Å². The first-order chi connectivity index (χ1) is 10.1. The average Bonchev–Trinajstić information content (AvgIpc) is 2.51. The van der Waals surface area contributed by atoms with Crippen molar-refractivity contribution in [2.45, 2.75) is 32.9 Å². The first kappa shape index (κ1) is 18.0. The van der Waals surface area contributed by atoms with Crippen LogP contribution in [0.5, 0.6) is 0 Å². The van der Waals surface area contributed by atoms with Crippen molar-refractivity contribution in [2.75, 3.05) is 30.4 Å². The zero-order valence-corrected chi connectivity index (χ0v) is 14.1. The van der Waals surface area contributed by atoms with Crippen LogP contribution in [0.25, 0.3) is 0 Å². The molecule has 5 heteroatoms. The summed E-state index contributed by atoms with van der Waals surface area (Å²) in [5.41, 5.74) is 7.92. The maximum atomic E-state index is 12.1. The van der Waals surface area contributed by atoms with Gasteiger partial charge in [0.2, 0.25) is 5.91 Å². The monoisotopic (exact) mass is 309 g/mol. The first-order valence-corrected chi connectivity index (χ1v) is 8.87. The molecule has 1 rings (SSSR count). The van der Waals surface area contributed by atoms with Crippen LogP contribution in [0, 0.1) is 0 Å². The summed E-state index contributed by atoms with van der Waals surface area (Å²) in [6, 6.07) is 7.50. The van der Waals surface area contributed by atoms with E-state index in [4.69, 9.17) is 5.73 Å². The molecule has 1 amide bonds. The van der Waals surface area contributed by atoms with E-state index in [0.717, 1.165) is 36.6 Å². The van der Waals surface area contributed by atoms with Gasteiger partial charge in [0.15, 0.2) is 0 Å². The molecule has 1 aromatic rings. The highest BCUT2D eigenvalue weighted by Gasteiger charge is 2.15. The van der Waals surface area contributed by atoms with Gasteiger partial charge in [-0.05, 0) is 43.1 Å². The van der Waals surface area contributed by atoms with Gasteiger partial charge >= 0.3 is 0 Å². The SMILES string of the molecule is CCN(CC)Cc1ccccc1NC(=O)[C@@H](N)CCSC. The molecular formula is C16H27N3OS. The van der Waals surface area contributed by atoms with Crippen molar-refractivity contribution in [3.8, 4) is 0 Å². The number of rotatable bonds is 9. The van der Waals surface area contributed by atoms with Crippen LogP contribution in [0.15, 0.2) is 24.3 Å². The molecule has 0 bridgehead atoms. The van der Waals surface area contributed by atoms with Crippen LogP contribution >= 0.6 is 11.8 Å². The van der Waals surface area contributed by atoms with Crippen LogP contribution in [-0.4, -0.2) is 41.9 Å². The lowest BCUT2D eigenvalue weighted by Gasteiger charge is -2.21. The van der Waals surface area contributed by atoms with Crippen LogP contribution < -0.4 is 11.1 Å². The third-order valence-corrected chi connectivity index (χ3v) is 4.18. The fraction of sp³-hybridized carbons (Fsp3) is 0.562. The molecule has 3 N–H and O–H groups in total. The standard InChI is InChI=1S/C16H27N3OS/c1-4-19(5-2)12-13-8-6-7-9-15(13)18-16(20)14(17)10-11-21-3/h6-9,14H,4-5,10-12,17H2,1-3H3,(H,18,20)/t14-/m0/s1. The number of para-hydroxylation sites is 1. The highest BCUT2D eigenvalue weighted by atomic mass is 32.2. The Morgan fingerprint density at radius 1 is 1.33 bits per heavy atom. The molecule has 1 atom stereocenters. The van der Waals surface area contributed by atoms with Gasteiger partial charge in [-0.15, -0.1) is 0 Å². The Labute approximate surface area is 132 Å². The van der Waals surface area contributed by atoms with Gasteiger partial charge in [0, 0.05) is 12.2 Å². The van der Waals surface area contributed by atoms with E-state index in [9.17, 15) is 4.79 Å². The predicted octanol–water partition coefficient (Wildman–Crippen LogP) is 2.55. The molecule has 0 aliphatic carbocycles. The normalized spacial score (nSPS) is 12.4. The Hall–Kier alpha value is -1.04. The topological polar surface area (TPSA) is 58.4 Å². The maximum absolute atomic E-state index is 12.1. The second-order valence-electron chi connectivity index (χ2n) is 5.00. The predicted molar refractivity (Wildman–Crippen MR) is 92.7 cm³/mol. The van der Waals surface area contributed by atoms with Crippen LogP contribution in [0.3, 0.4) is 0 Å². The molecule has 0 saturated heterocycles. The van der Waals surface area contributed by atoms with Crippen molar-refractivity contribution in [1.82, 2.24) is 4.90 Å². The summed E-state index contributed by atoms with van der Waals surface area (Å²) >= 11 is 1.70. The second-order valence-corrected chi connectivity index (χ2v) is 5.98. The smallest absolute Gasteiger partial charge is 0.241 e. The summed E-state index contributed by atoms with van der Waals surface area (Å²) in [6.45, 7) is 7.10. The van der Waals surface area contributed by atoms with Gasteiger partial charge in [-0.1, -0.05) is 32.0 Å². The largest absolute Gasteiger partial charge is 0.324 e. The molecule has 4 nitrogen and oxygen atoms in total. The minimum absolute atomic E-state index is 0.101. The highest BCUT2D eigenvalue weighted by molar-refractivity contribution is 7.98. The summed E-state index contributed by atoms with van der Waals surface area (Å²) in [6.07, 6.45) is 2.72. The summed E-state index contributed by atoms with van der Waals surface area (Å²) in [7, 11) is 0. The Balaban J connectivity index is 2.72. The fourth-order valence-electron chi connectivity index (χ4n) is 2.07. The summed E-state index contributed by atoms with van der Waals surface area (Å²) in [4.78, 5) is 14.5. The number of carbonyl (C=O) groups is 1. The van der Waals surface area contributed by atoms with Crippen molar-refractivity contribution in [1.29, 1.82) is 0 Å². The number of nitrogens with zero attached hydrogens (tertiary/aromatic N) is 1. The highest BCUT2D eigenvalue weighted by Crippen LogP contribution is 2.17. The molecule has 0 aliphatic rings. The van der Waals surface area contributed by atoms with Gasteiger partial charge in [-0.2, -0.15) is 11.8 Å². The van der Waals surface area contributed by atoms with E-state index in [1.54, 1.807) is 11.8 Å². The quantitative estimate of drug-likeness (QED) is 0.736. The molecular weight excluding hydrogens is 282 g/mol. The van der Waals surface area contributed by atoms with E-state index in [0.29, 0.717) is 6.42 Å². The van der Waals surface area contributed by atoms with Gasteiger partial charge in [0.05, 0.1) is 6.04 Å². The Morgan fingerprint density at radius 2 is 2.00 bits per heavy atom. The number of benzene rings is 1. The third kappa shape index (κ3) is 6.08. The molecule has 118 valence electrons. The number of anilines is 1. The molecule has 0 heterocycles. The number of amides is 1. The van der Waals surface area contributed by atoms with Gasteiger partial charge in [-0.3, -0.25) is 9.69 Å². The number of hydrogen-bond donors (Lipinski definition) is 2. The van der Waals surface area contributed by atoms with Crippen molar-refractivity contribution in [2.24, 2.45) is 5.73 Å². The van der Waals surface area contributed by atoms with Gasteiger partial charge < -0.3 is 11.1 Å². The van der Waals surface area contributed by atoms with Gasteiger partial charge in [-0.25, -0.2) is 0 Å². The van der Waals surface area contributed by atoms with E-state index in [1.807, 2.05) is 24.5 Å². The molecule has 21 heavy (non-hydrogen) atoms. The van der Waals surface area contributed by atoms with Crippen molar-refractivity contribution < 1.29 is 4.79 Å². The Kier molecular flexibility index (Phi) is 8.42. The average molecular weight is 309 g/mol. The lowest BCUT2D eigenvalue weighted by molar-refractivity contribution is -0.117. The Bertz CT molecular complexity index is 435. The third-order valence-electron chi connectivity index (χ3n) is 3.53. The minimum atomic E-state index is -0.445. The molecule has 0 saturated carbocycles. The molecule has 1 aromatic carbocycles. The summed E-state index contributed by atoms with van der Waals surface area (Å²) < 4.78 is 0. The first-order valence-electron chi connectivity index (χ1n) is 7.48. The number of nitrogens with one attached hydrogen (secondary N) is 1. The van der Waals surface area contributed by atoms with E-state index < -0.39 is 6.04 Å². The Morgan fingerprint density at radius 3 is 2.62 bits per heavy atom. The summed E-state index contributed by atoms with van der Waals surface area (Å²) in [5.74, 6) is 0.798. The van der Waals surface area contributed by atoms with Crippen molar-refractivity contribution in [3.63, 3.8) is 0 Å². The van der Waals surface area contributed by atoms with Crippen LogP contribution in [0.1, 0.15) is 25.8 Å².